The van der Waals surface area contributed by atoms with Crippen molar-refractivity contribution >= 4 is 22.3 Å². The predicted octanol–water partition coefficient (Wildman–Crippen LogP) is 3.08. The van der Waals surface area contributed by atoms with Gasteiger partial charge in [0.25, 0.3) is 0 Å². The summed E-state index contributed by atoms with van der Waals surface area (Å²) in [6.07, 6.45) is -0.644. The van der Waals surface area contributed by atoms with Crippen molar-refractivity contribution in [3.63, 3.8) is 0 Å². The molecule has 0 saturated carbocycles. The van der Waals surface area contributed by atoms with Crippen LogP contribution in [-0.2, 0) is 0 Å². The van der Waals surface area contributed by atoms with Crippen molar-refractivity contribution in [1.82, 2.24) is 9.59 Å². The summed E-state index contributed by atoms with van der Waals surface area (Å²) in [4.78, 5) is 0.810. The molecule has 0 aliphatic carbocycles. The van der Waals surface area contributed by atoms with Crippen molar-refractivity contribution in [2.75, 3.05) is 0 Å². The summed E-state index contributed by atoms with van der Waals surface area (Å²) in [7, 11) is 0. The number of fused-ring (bicyclic) bond motifs is 1. The van der Waals surface area contributed by atoms with E-state index in [4.69, 9.17) is 0 Å². The number of hydrogen-bond acceptors (Lipinski definition) is 4. The lowest BCUT2D eigenvalue weighted by Crippen LogP contribution is -1.99. The molecular formula is C14H12N2OS. The Labute approximate surface area is 109 Å². The fraction of sp³-hybridized carbons (Fsp3) is 0.143. The maximum Gasteiger partial charge on any atom is 0.117 e. The molecule has 3 nitrogen and oxygen atoms in total. The molecule has 0 aliphatic heterocycles. The molecule has 3 rings (SSSR count). The summed E-state index contributed by atoms with van der Waals surface area (Å²) in [5, 5.41) is 16.6. The molecule has 1 unspecified atom stereocenters. The molecule has 90 valence electrons. The van der Waals surface area contributed by atoms with Gasteiger partial charge in [-0.25, -0.2) is 0 Å². The lowest BCUT2D eigenvalue weighted by Gasteiger charge is -2.10. The fourth-order valence-electron chi connectivity index (χ4n) is 2.02. The number of nitrogens with zero attached hydrogens (tertiary/aromatic N) is 2. The molecule has 0 amide bonds. The largest absolute Gasteiger partial charge is 0.383 e. The number of benzene rings is 2. The monoisotopic (exact) mass is 256 g/mol. The second-order valence-electron chi connectivity index (χ2n) is 4.23. The topological polar surface area (TPSA) is 46.0 Å². The Morgan fingerprint density at radius 1 is 1.11 bits per heavy atom. The summed E-state index contributed by atoms with van der Waals surface area (Å²) in [5.74, 6) is 0. The molecule has 1 aromatic heterocycles. The van der Waals surface area contributed by atoms with Crippen molar-refractivity contribution in [3.05, 3.63) is 58.6 Å². The first-order valence-electron chi connectivity index (χ1n) is 5.71. The number of aromatic nitrogens is 2. The van der Waals surface area contributed by atoms with Crippen molar-refractivity contribution in [3.8, 4) is 0 Å². The van der Waals surface area contributed by atoms with Crippen LogP contribution in [0.25, 0.3) is 10.8 Å². The molecule has 2 aromatic carbocycles. The fourth-order valence-corrected chi connectivity index (χ4v) is 2.68. The Balaban J connectivity index is 2.07. The molecule has 1 N–H and O–H groups in total. The molecule has 0 radical (unpaired) electrons. The Morgan fingerprint density at radius 3 is 2.61 bits per heavy atom. The van der Waals surface area contributed by atoms with Crippen LogP contribution in [-0.4, -0.2) is 14.7 Å². The van der Waals surface area contributed by atoms with Crippen LogP contribution < -0.4 is 0 Å². The van der Waals surface area contributed by atoms with E-state index in [1.807, 2.05) is 43.3 Å². The zero-order valence-corrected chi connectivity index (χ0v) is 10.7. The van der Waals surface area contributed by atoms with Gasteiger partial charge in [0.15, 0.2) is 0 Å². The lowest BCUT2D eigenvalue weighted by atomic mass is 10.0. The standard InChI is InChI=1S/C14H12N2OS/c1-9-14(18-16-15-9)13(17)12-7-6-10-4-2-3-5-11(10)8-12/h2-8,13,17H,1H3. The highest BCUT2D eigenvalue weighted by Gasteiger charge is 2.16. The van der Waals surface area contributed by atoms with Crippen LogP contribution in [0.3, 0.4) is 0 Å². The van der Waals surface area contributed by atoms with E-state index in [9.17, 15) is 5.11 Å². The summed E-state index contributed by atoms with van der Waals surface area (Å²) in [5.41, 5.74) is 1.67. The van der Waals surface area contributed by atoms with E-state index in [0.29, 0.717) is 0 Å². The van der Waals surface area contributed by atoms with Crippen LogP contribution in [0.5, 0.6) is 0 Å². The Bertz CT molecular complexity index is 693. The van der Waals surface area contributed by atoms with Gasteiger partial charge in [0.05, 0.1) is 10.6 Å². The SMILES string of the molecule is Cc1nnsc1C(O)c1ccc2ccccc2c1. The average molecular weight is 256 g/mol. The Kier molecular flexibility index (Phi) is 2.81. The van der Waals surface area contributed by atoms with Gasteiger partial charge in [-0.2, -0.15) is 0 Å². The highest BCUT2D eigenvalue weighted by atomic mass is 32.1. The minimum absolute atomic E-state index is 0.644. The number of aliphatic hydroxyl groups is 1. The first-order valence-corrected chi connectivity index (χ1v) is 6.48. The summed E-state index contributed by atoms with van der Waals surface area (Å²) < 4.78 is 3.86. The van der Waals surface area contributed by atoms with Gasteiger partial charge in [-0.05, 0) is 40.9 Å². The normalized spacial score (nSPS) is 12.8. The highest BCUT2D eigenvalue weighted by Crippen LogP contribution is 2.28. The van der Waals surface area contributed by atoms with E-state index < -0.39 is 6.10 Å². The zero-order chi connectivity index (χ0) is 12.5. The maximum atomic E-state index is 10.4. The zero-order valence-electron chi connectivity index (χ0n) is 9.87. The van der Waals surface area contributed by atoms with E-state index >= 15 is 0 Å². The van der Waals surface area contributed by atoms with Crippen molar-refractivity contribution in [1.29, 1.82) is 0 Å². The summed E-state index contributed by atoms with van der Waals surface area (Å²) in [6, 6.07) is 14.1. The highest BCUT2D eigenvalue weighted by molar-refractivity contribution is 7.05. The van der Waals surface area contributed by atoms with E-state index in [1.54, 1.807) is 0 Å². The van der Waals surface area contributed by atoms with Gasteiger partial charge in [-0.3, -0.25) is 0 Å². The molecule has 4 heteroatoms. The lowest BCUT2D eigenvalue weighted by molar-refractivity contribution is 0.223. The molecule has 1 atom stereocenters. The van der Waals surface area contributed by atoms with Gasteiger partial charge < -0.3 is 5.11 Å². The van der Waals surface area contributed by atoms with Gasteiger partial charge in [0.1, 0.15) is 6.10 Å². The van der Waals surface area contributed by atoms with Gasteiger partial charge in [0, 0.05) is 0 Å². The second-order valence-corrected chi connectivity index (χ2v) is 5.02. The van der Waals surface area contributed by atoms with Gasteiger partial charge in [-0.1, -0.05) is 40.9 Å². The summed E-state index contributed by atoms with van der Waals surface area (Å²) in [6.45, 7) is 1.86. The molecule has 0 fully saturated rings. The molecule has 0 bridgehead atoms. The number of aliphatic hydroxyl groups excluding tert-OH is 1. The molecule has 0 aliphatic rings. The molecular weight excluding hydrogens is 244 g/mol. The third-order valence-corrected chi connectivity index (χ3v) is 3.90. The predicted molar refractivity (Wildman–Crippen MR) is 72.7 cm³/mol. The Morgan fingerprint density at radius 2 is 1.89 bits per heavy atom. The quantitative estimate of drug-likeness (QED) is 0.766. The number of rotatable bonds is 2. The van der Waals surface area contributed by atoms with Crippen molar-refractivity contribution in [2.45, 2.75) is 13.0 Å². The smallest absolute Gasteiger partial charge is 0.117 e. The van der Waals surface area contributed by atoms with Crippen LogP contribution in [0.15, 0.2) is 42.5 Å². The molecule has 0 spiro atoms. The first-order chi connectivity index (χ1) is 8.75. The Hall–Kier alpha value is -1.78. The molecule has 18 heavy (non-hydrogen) atoms. The van der Waals surface area contributed by atoms with E-state index in [0.717, 1.165) is 21.5 Å². The second kappa shape index (κ2) is 4.48. The molecule has 3 aromatic rings. The maximum absolute atomic E-state index is 10.4. The van der Waals surface area contributed by atoms with Gasteiger partial charge in [0.2, 0.25) is 0 Å². The molecule has 1 heterocycles. The third-order valence-electron chi connectivity index (χ3n) is 3.02. The number of hydrogen-bond donors (Lipinski definition) is 1. The minimum atomic E-state index is -0.644. The van der Waals surface area contributed by atoms with E-state index in [1.165, 1.54) is 16.9 Å². The van der Waals surface area contributed by atoms with Crippen LogP contribution in [0.1, 0.15) is 22.2 Å². The third kappa shape index (κ3) is 1.89. The minimum Gasteiger partial charge on any atom is -0.383 e. The average Bonchev–Trinajstić information content (AvgIpc) is 2.83. The van der Waals surface area contributed by atoms with Crippen LogP contribution >= 0.6 is 11.5 Å². The van der Waals surface area contributed by atoms with Gasteiger partial charge >= 0.3 is 0 Å². The van der Waals surface area contributed by atoms with Crippen LogP contribution in [0.2, 0.25) is 0 Å². The number of aryl methyl sites for hydroxylation is 1. The van der Waals surface area contributed by atoms with Crippen molar-refractivity contribution in [2.24, 2.45) is 0 Å². The summed E-state index contributed by atoms with van der Waals surface area (Å²) >= 11 is 1.25. The van der Waals surface area contributed by atoms with E-state index in [-0.39, 0.29) is 0 Å². The molecule has 0 saturated heterocycles. The van der Waals surface area contributed by atoms with Gasteiger partial charge in [-0.15, -0.1) is 5.10 Å². The van der Waals surface area contributed by atoms with Crippen molar-refractivity contribution < 1.29 is 5.11 Å². The first kappa shape index (κ1) is 11.3. The van der Waals surface area contributed by atoms with Crippen LogP contribution in [0.4, 0.5) is 0 Å². The van der Waals surface area contributed by atoms with Crippen LogP contribution in [0, 0.1) is 6.92 Å². The van der Waals surface area contributed by atoms with E-state index in [2.05, 4.69) is 15.7 Å².